The van der Waals surface area contributed by atoms with Crippen LogP contribution in [-0.2, 0) is 9.53 Å². The molecular formula is C14H26N2O2. The third-order valence-corrected chi connectivity index (χ3v) is 4.50. The average Bonchev–Trinajstić information content (AvgIpc) is 2.66. The highest BCUT2D eigenvalue weighted by molar-refractivity contribution is 5.81. The zero-order chi connectivity index (χ0) is 13.3. The fourth-order valence-corrected chi connectivity index (χ4v) is 3.29. The van der Waals surface area contributed by atoms with E-state index in [0.29, 0.717) is 18.7 Å². The van der Waals surface area contributed by atoms with Crippen LogP contribution in [0, 0.1) is 5.41 Å². The Bertz CT molecular complexity index is 317. The standard InChI is InChI=1S/C14H26N2O2/c1-5-7-12-15-9-13(17)16(12)10-8-11(18-6-2)14(10,3)4/h10-12,15H,5-9H2,1-4H3. The van der Waals surface area contributed by atoms with Gasteiger partial charge in [0.25, 0.3) is 0 Å². The maximum absolute atomic E-state index is 12.1. The van der Waals surface area contributed by atoms with Crippen molar-refractivity contribution >= 4 is 5.91 Å². The molecule has 1 saturated carbocycles. The van der Waals surface area contributed by atoms with Crippen LogP contribution in [0.15, 0.2) is 0 Å². The van der Waals surface area contributed by atoms with Crippen molar-refractivity contribution in [3.63, 3.8) is 0 Å². The minimum atomic E-state index is 0.0731. The van der Waals surface area contributed by atoms with Gasteiger partial charge in [-0.3, -0.25) is 10.1 Å². The van der Waals surface area contributed by atoms with Gasteiger partial charge in [-0.05, 0) is 19.8 Å². The van der Waals surface area contributed by atoms with E-state index in [1.54, 1.807) is 0 Å². The smallest absolute Gasteiger partial charge is 0.238 e. The summed E-state index contributed by atoms with van der Waals surface area (Å²) in [6.07, 6.45) is 3.65. The first-order valence-corrected chi connectivity index (χ1v) is 7.18. The number of carbonyl (C=O) groups excluding carboxylic acids is 1. The molecule has 18 heavy (non-hydrogen) atoms. The van der Waals surface area contributed by atoms with Crippen molar-refractivity contribution in [1.82, 2.24) is 10.2 Å². The summed E-state index contributed by atoms with van der Waals surface area (Å²) in [6, 6.07) is 0.327. The molecule has 0 aromatic rings. The van der Waals surface area contributed by atoms with Gasteiger partial charge in [-0.15, -0.1) is 0 Å². The fourth-order valence-electron chi connectivity index (χ4n) is 3.29. The Morgan fingerprint density at radius 2 is 2.17 bits per heavy atom. The molecule has 0 radical (unpaired) electrons. The Kier molecular flexibility index (Phi) is 3.97. The summed E-state index contributed by atoms with van der Waals surface area (Å²) in [4.78, 5) is 14.2. The van der Waals surface area contributed by atoms with E-state index in [0.717, 1.165) is 25.9 Å². The Balaban J connectivity index is 2.05. The van der Waals surface area contributed by atoms with Gasteiger partial charge in [0.15, 0.2) is 0 Å². The molecule has 1 saturated heterocycles. The SMILES string of the molecule is CCCC1NCC(=O)N1C1CC(OCC)C1(C)C. The number of rotatable bonds is 5. The van der Waals surface area contributed by atoms with E-state index in [4.69, 9.17) is 4.74 Å². The molecule has 1 heterocycles. The third kappa shape index (κ3) is 2.16. The van der Waals surface area contributed by atoms with Crippen molar-refractivity contribution in [2.75, 3.05) is 13.2 Å². The lowest BCUT2D eigenvalue weighted by atomic mass is 9.63. The van der Waals surface area contributed by atoms with Gasteiger partial charge in [-0.2, -0.15) is 0 Å². The first-order valence-electron chi connectivity index (χ1n) is 7.18. The summed E-state index contributed by atoms with van der Waals surface area (Å²) in [5.41, 5.74) is 0.0731. The van der Waals surface area contributed by atoms with Gasteiger partial charge >= 0.3 is 0 Å². The van der Waals surface area contributed by atoms with E-state index in [-0.39, 0.29) is 17.5 Å². The zero-order valence-corrected chi connectivity index (χ0v) is 12.0. The van der Waals surface area contributed by atoms with Crippen molar-refractivity contribution in [3.05, 3.63) is 0 Å². The van der Waals surface area contributed by atoms with Crippen LogP contribution < -0.4 is 5.32 Å². The van der Waals surface area contributed by atoms with Crippen LogP contribution in [0.25, 0.3) is 0 Å². The Hall–Kier alpha value is -0.610. The Morgan fingerprint density at radius 1 is 1.44 bits per heavy atom. The zero-order valence-electron chi connectivity index (χ0n) is 12.0. The molecule has 2 rings (SSSR count). The molecule has 4 nitrogen and oxygen atoms in total. The number of amides is 1. The van der Waals surface area contributed by atoms with E-state index in [2.05, 4.69) is 31.0 Å². The lowest BCUT2D eigenvalue weighted by molar-refractivity contribution is -0.167. The first-order chi connectivity index (χ1) is 8.52. The molecule has 1 aliphatic carbocycles. The number of nitrogens with one attached hydrogen (secondary N) is 1. The van der Waals surface area contributed by atoms with Crippen LogP contribution in [0.2, 0.25) is 0 Å². The summed E-state index contributed by atoms with van der Waals surface area (Å²) < 4.78 is 5.75. The molecule has 104 valence electrons. The predicted octanol–water partition coefficient (Wildman–Crippen LogP) is 1.75. The summed E-state index contributed by atoms with van der Waals surface area (Å²) in [6.45, 7) is 9.89. The average molecular weight is 254 g/mol. The highest BCUT2D eigenvalue weighted by Gasteiger charge is 2.54. The second kappa shape index (κ2) is 5.17. The van der Waals surface area contributed by atoms with E-state index < -0.39 is 0 Å². The van der Waals surface area contributed by atoms with E-state index >= 15 is 0 Å². The lowest BCUT2D eigenvalue weighted by Crippen LogP contribution is -2.64. The van der Waals surface area contributed by atoms with Gasteiger partial charge in [0.2, 0.25) is 5.91 Å². The van der Waals surface area contributed by atoms with Gasteiger partial charge in [0.1, 0.15) is 0 Å². The minimum absolute atomic E-state index is 0.0731. The van der Waals surface area contributed by atoms with Gasteiger partial charge in [0, 0.05) is 18.1 Å². The fraction of sp³-hybridized carbons (Fsp3) is 0.929. The number of carbonyl (C=O) groups is 1. The summed E-state index contributed by atoms with van der Waals surface area (Å²) in [7, 11) is 0. The molecule has 1 aliphatic heterocycles. The normalized spacial score (nSPS) is 34.8. The van der Waals surface area contributed by atoms with Crippen molar-refractivity contribution in [2.45, 2.75) is 65.3 Å². The molecule has 1 N–H and O–H groups in total. The van der Waals surface area contributed by atoms with E-state index in [1.807, 2.05) is 6.92 Å². The Morgan fingerprint density at radius 3 is 2.72 bits per heavy atom. The highest BCUT2D eigenvalue weighted by Crippen LogP contribution is 2.47. The third-order valence-electron chi connectivity index (χ3n) is 4.50. The van der Waals surface area contributed by atoms with Crippen LogP contribution in [0.1, 0.15) is 47.0 Å². The molecule has 2 fully saturated rings. The van der Waals surface area contributed by atoms with Crippen LogP contribution in [0.4, 0.5) is 0 Å². The summed E-state index contributed by atoms with van der Waals surface area (Å²) >= 11 is 0. The second-order valence-electron chi connectivity index (χ2n) is 6.00. The molecule has 0 aromatic carbocycles. The molecule has 1 amide bonds. The highest BCUT2D eigenvalue weighted by atomic mass is 16.5. The summed E-state index contributed by atoms with van der Waals surface area (Å²) in [5.74, 6) is 0.251. The quantitative estimate of drug-likeness (QED) is 0.812. The van der Waals surface area contributed by atoms with E-state index in [1.165, 1.54) is 0 Å². The van der Waals surface area contributed by atoms with Crippen molar-refractivity contribution in [1.29, 1.82) is 0 Å². The van der Waals surface area contributed by atoms with Gasteiger partial charge in [-0.25, -0.2) is 0 Å². The molecule has 0 bridgehead atoms. The number of hydrogen-bond acceptors (Lipinski definition) is 3. The summed E-state index contributed by atoms with van der Waals surface area (Å²) in [5, 5.41) is 3.33. The largest absolute Gasteiger partial charge is 0.378 e. The monoisotopic (exact) mass is 254 g/mol. The van der Waals surface area contributed by atoms with Crippen LogP contribution >= 0.6 is 0 Å². The van der Waals surface area contributed by atoms with E-state index in [9.17, 15) is 4.79 Å². The molecule has 4 heteroatoms. The maximum atomic E-state index is 12.1. The number of hydrogen-bond donors (Lipinski definition) is 1. The van der Waals surface area contributed by atoms with Gasteiger partial charge in [0.05, 0.1) is 18.8 Å². The maximum Gasteiger partial charge on any atom is 0.238 e. The number of nitrogens with zero attached hydrogens (tertiary/aromatic N) is 1. The van der Waals surface area contributed by atoms with Crippen molar-refractivity contribution < 1.29 is 9.53 Å². The minimum Gasteiger partial charge on any atom is -0.378 e. The van der Waals surface area contributed by atoms with Crippen LogP contribution in [0.3, 0.4) is 0 Å². The van der Waals surface area contributed by atoms with Gasteiger partial charge < -0.3 is 9.64 Å². The van der Waals surface area contributed by atoms with Crippen LogP contribution in [0.5, 0.6) is 0 Å². The number of ether oxygens (including phenoxy) is 1. The van der Waals surface area contributed by atoms with Crippen molar-refractivity contribution in [2.24, 2.45) is 5.41 Å². The Labute approximate surface area is 110 Å². The lowest BCUT2D eigenvalue weighted by Gasteiger charge is -2.56. The van der Waals surface area contributed by atoms with Crippen LogP contribution in [-0.4, -0.2) is 42.3 Å². The predicted molar refractivity (Wildman–Crippen MR) is 71.1 cm³/mol. The molecule has 3 unspecified atom stereocenters. The molecular weight excluding hydrogens is 228 g/mol. The molecule has 3 atom stereocenters. The molecule has 0 aromatic heterocycles. The molecule has 0 spiro atoms. The van der Waals surface area contributed by atoms with Gasteiger partial charge in [-0.1, -0.05) is 27.2 Å². The topological polar surface area (TPSA) is 41.6 Å². The first kappa shape index (κ1) is 13.8. The second-order valence-corrected chi connectivity index (χ2v) is 6.00. The molecule has 2 aliphatic rings. The van der Waals surface area contributed by atoms with Crippen molar-refractivity contribution in [3.8, 4) is 0 Å².